The lowest BCUT2D eigenvalue weighted by atomic mass is 9.93. The second kappa shape index (κ2) is 10.4. The molecule has 0 aliphatic carbocycles. The van der Waals surface area contributed by atoms with Crippen LogP contribution in [0.3, 0.4) is 0 Å². The number of likely N-dealkylation sites (tertiary alicyclic amines) is 1. The van der Waals surface area contributed by atoms with Crippen LogP contribution in [0.15, 0.2) is 48.5 Å². The Bertz CT molecular complexity index is 1670. The zero-order valence-corrected chi connectivity index (χ0v) is 24.5. The van der Waals surface area contributed by atoms with Gasteiger partial charge in [-0.15, -0.1) is 0 Å². The van der Waals surface area contributed by atoms with E-state index in [0.717, 1.165) is 54.1 Å². The van der Waals surface area contributed by atoms with Crippen LogP contribution in [-0.2, 0) is 27.5 Å². The summed E-state index contributed by atoms with van der Waals surface area (Å²) in [7, 11) is 0. The minimum Gasteiger partial charge on any atom is -0.489 e. The number of carbonyl (C=O) groups is 4. The molecular formula is C33H35N5O5. The van der Waals surface area contributed by atoms with Crippen LogP contribution in [0.25, 0.3) is 10.9 Å². The number of aromatic nitrogens is 1. The Morgan fingerprint density at radius 2 is 1.88 bits per heavy atom. The van der Waals surface area contributed by atoms with Crippen molar-refractivity contribution >= 4 is 40.3 Å². The highest BCUT2D eigenvalue weighted by Gasteiger charge is 2.39. The first kappa shape index (κ1) is 27.5. The fraction of sp³-hybridized carbons (Fsp3) is 0.424. The molecule has 3 aromatic rings. The van der Waals surface area contributed by atoms with Gasteiger partial charge in [-0.3, -0.25) is 34.3 Å². The van der Waals surface area contributed by atoms with E-state index in [4.69, 9.17) is 9.72 Å². The van der Waals surface area contributed by atoms with Crippen molar-refractivity contribution in [3.05, 3.63) is 65.2 Å². The predicted octanol–water partition coefficient (Wildman–Crippen LogP) is 3.41. The van der Waals surface area contributed by atoms with E-state index >= 15 is 0 Å². The maximum absolute atomic E-state index is 13.0. The van der Waals surface area contributed by atoms with Gasteiger partial charge in [-0.1, -0.05) is 19.9 Å². The van der Waals surface area contributed by atoms with Gasteiger partial charge in [-0.2, -0.15) is 0 Å². The van der Waals surface area contributed by atoms with Crippen LogP contribution in [0.2, 0.25) is 0 Å². The van der Waals surface area contributed by atoms with Crippen molar-refractivity contribution in [2.45, 2.75) is 64.8 Å². The summed E-state index contributed by atoms with van der Waals surface area (Å²) in [4.78, 5) is 59.9. The number of benzene rings is 2. The van der Waals surface area contributed by atoms with Crippen LogP contribution in [0.4, 0.5) is 5.82 Å². The quantitative estimate of drug-likeness (QED) is 0.444. The molecule has 4 aliphatic heterocycles. The highest BCUT2D eigenvalue weighted by Crippen LogP contribution is 2.34. The van der Waals surface area contributed by atoms with E-state index in [0.29, 0.717) is 31.5 Å². The van der Waals surface area contributed by atoms with E-state index in [1.165, 1.54) is 5.56 Å². The number of amides is 4. The molecule has 0 saturated carbocycles. The highest BCUT2D eigenvalue weighted by molar-refractivity contribution is 6.05. The standard InChI is InChI=1S/C33H35N5O5/c1-33(2)15-30(40)38(19-33)28-9-4-21-13-20(3-7-26(21)34-28)16-36-12-11-24(18-36)43-23-5-6-25-22(14-23)17-37(32(25)42)27-8-10-29(39)35-31(27)41/h3-7,9,13-14,24,27H,8,10-12,15-19H2,1-2H3,(H,35,39,41)/t24-,27?/m0/s1. The monoisotopic (exact) mass is 581 g/mol. The van der Waals surface area contributed by atoms with Crippen LogP contribution < -0.4 is 15.0 Å². The molecule has 10 heteroatoms. The summed E-state index contributed by atoms with van der Waals surface area (Å²) in [6.07, 6.45) is 2.06. The third-order valence-electron chi connectivity index (χ3n) is 8.97. The molecule has 43 heavy (non-hydrogen) atoms. The molecule has 1 unspecified atom stereocenters. The number of pyridine rings is 1. The van der Waals surface area contributed by atoms with Crippen molar-refractivity contribution in [2.75, 3.05) is 24.5 Å². The van der Waals surface area contributed by atoms with Crippen LogP contribution in [-0.4, -0.2) is 70.2 Å². The zero-order chi connectivity index (χ0) is 29.9. The molecule has 222 valence electrons. The number of hydrogen-bond donors (Lipinski definition) is 1. The zero-order valence-electron chi connectivity index (χ0n) is 24.5. The molecule has 7 rings (SSSR count). The lowest BCUT2D eigenvalue weighted by Gasteiger charge is -2.29. The van der Waals surface area contributed by atoms with Crippen LogP contribution in [0, 0.1) is 5.41 Å². The molecule has 3 saturated heterocycles. The van der Waals surface area contributed by atoms with E-state index in [1.54, 1.807) is 15.9 Å². The Balaban J connectivity index is 0.964. The average molecular weight is 582 g/mol. The molecule has 2 atom stereocenters. The summed E-state index contributed by atoms with van der Waals surface area (Å²) in [5.74, 6) is 0.681. The lowest BCUT2D eigenvalue weighted by Crippen LogP contribution is -2.52. The summed E-state index contributed by atoms with van der Waals surface area (Å²) in [5, 5.41) is 3.40. The summed E-state index contributed by atoms with van der Waals surface area (Å²) >= 11 is 0. The minimum atomic E-state index is -0.625. The Morgan fingerprint density at radius 3 is 2.67 bits per heavy atom. The number of ether oxygens (including phenoxy) is 1. The number of carbonyl (C=O) groups excluding carboxylic acids is 4. The van der Waals surface area contributed by atoms with Gasteiger partial charge in [0.25, 0.3) is 5.91 Å². The Hall–Kier alpha value is -4.31. The van der Waals surface area contributed by atoms with Gasteiger partial charge in [0.1, 0.15) is 23.7 Å². The Morgan fingerprint density at radius 1 is 1.02 bits per heavy atom. The third-order valence-corrected chi connectivity index (χ3v) is 8.97. The molecule has 1 N–H and O–H groups in total. The van der Waals surface area contributed by atoms with Gasteiger partial charge < -0.3 is 9.64 Å². The second-order valence-electron chi connectivity index (χ2n) is 13.0. The predicted molar refractivity (Wildman–Crippen MR) is 159 cm³/mol. The molecule has 0 spiro atoms. The molecule has 5 heterocycles. The van der Waals surface area contributed by atoms with Gasteiger partial charge in [0.2, 0.25) is 17.7 Å². The van der Waals surface area contributed by atoms with Crippen LogP contribution >= 0.6 is 0 Å². The Kier molecular flexibility index (Phi) is 6.69. The van der Waals surface area contributed by atoms with Gasteiger partial charge in [0, 0.05) is 56.5 Å². The number of hydrogen-bond acceptors (Lipinski definition) is 7. The maximum Gasteiger partial charge on any atom is 0.255 e. The van der Waals surface area contributed by atoms with E-state index < -0.39 is 11.9 Å². The number of piperidine rings is 1. The van der Waals surface area contributed by atoms with E-state index in [-0.39, 0.29) is 35.7 Å². The van der Waals surface area contributed by atoms with E-state index in [9.17, 15) is 19.2 Å². The smallest absolute Gasteiger partial charge is 0.255 e. The summed E-state index contributed by atoms with van der Waals surface area (Å²) in [6, 6.07) is 15.2. The first-order valence-electron chi connectivity index (χ1n) is 15.0. The van der Waals surface area contributed by atoms with Crippen molar-refractivity contribution in [3.8, 4) is 5.75 Å². The van der Waals surface area contributed by atoms with Crippen LogP contribution in [0.1, 0.15) is 61.0 Å². The largest absolute Gasteiger partial charge is 0.489 e. The van der Waals surface area contributed by atoms with Crippen molar-refractivity contribution in [2.24, 2.45) is 5.41 Å². The topological polar surface area (TPSA) is 112 Å². The number of anilines is 1. The average Bonchev–Trinajstić information content (AvgIpc) is 3.62. The van der Waals surface area contributed by atoms with Crippen molar-refractivity contribution in [1.82, 2.24) is 20.1 Å². The summed E-state index contributed by atoms with van der Waals surface area (Å²) < 4.78 is 6.34. The molecule has 3 fully saturated rings. The SMILES string of the molecule is CC1(C)CC(=O)N(c2ccc3cc(CN4CC[C@H](Oc5ccc6c(c5)CN(C5CCC(=O)NC5=O)C6=O)C4)ccc3n2)C1. The van der Waals surface area contributed by atoms with E-state index in [1.807, 2.05) is 24.3 Å². The highest BCUT2D eigenvalue weighted by atomic mass is 16.5. The third kappa shape index (κ3) is 5.35. The van der Waals surface area contributed by atoms with Crippen molar-refractivity contribution < 1.29 is 23.9 Å². The van der Waals surface area contributed by atoms with Gasteiger partial charge in [-0.05, 0) is 71.8 Å². The Labute approximate surface area is 250 Å². The first-order chi connectivity index (χ1) is 20.6. The van der Waals surface area contributed by atoms with Gasteiger partial charge in [0.05, 0.1) is 5.52 Å². The first-order valence-corrected chi connectivity index (χ1v) is 15.0. The normalized spacial score (nSPS) is 23.8. The molecular weight excluding hydrogens is 546 g/mol. The summed E-state index contributed by atoms with van der Waals surface area (Å²) in [6.45, 7) is 7.75. The number of fused-ring (bicyclic) bond motifs is 2. The number of nitrogens with zero attached hydrogens (tertiary/aromatic N) is 4. The number of imide groups is 1. The minimum absolute atomic E-state index is 0.0343. The fourth-order valence-electron chi connectivity index (χ4n) is 6.81. The maximum atomic E-state index is 13.0. The van der Waals surface area contributed by atoms with Gasteiger partial charge in [0.15, 0.2) is 0 Å². The fourth-order valence-corrected chi connectivity index (χ4v) is 6.81. The molecule has 4 amide bonds. The van der Waals surface area contributed by atoms with Crippen molar-refractivity contribution in [3.63, 3.8) is 0 Å². The molecule has 10 nitrogen and oxygen atoms in total. The molecule has 0 radical (unpaired) electrons. The lowest BCUT2D eigenvalue weighted by molar-refractivity contribution is -0.137. The molecule has 2 aromatic carbocycles. The summed E-state index contributed by atoms with van der Waals surface area (Å²) in [5.41, 5.74) is 3.47. The van der Waals surface area contributed by atoms with Gasteiger partial charge in [-0.25, -0.2) is 4.98 Å². The van der Waals surface area contributed by atoms with Crippen molar-refractivity contribution in [1.29, 1.82) is 0 Å². The second-order valence-corrected chi connectivity index (χ2v) is 13.0. The molecule has 1 aromatic heterocycles. The molecule has 0 bridgehead atoms. The van der Waals surface area contributed by atoms with E-state index in [2.05, 4.69) is 42.3 Å². The van der Waals surface area contributed by atoms with Gasteiger partial charge >= 0.3 is 0 Å². The van der Waals surface area contributed by atoms with Crippen LogP contribution in [0.5, 0.6) is 5.75 Å². The number of nitrogens with one attached hydrogen (secondary N) is 1. The molecule has 4 aliphatic rings. The number of rotatable bonds is 6.